The number of aromatic hydroxyl groups is 1. The van der Waals surface area contributed by atoms with Crippen LogP contribution in [-0.4, -0.2) is 15.7 Å². The minimum absolute atomic E-state index is 0.0577. The molecule has 0 radical (unpaired) electrons. The first-order valence-electron chi connectivity index (χ1n) is 9.20. The Kier molecular flexibility index (Phi) is 4.06. The lowest BCUT2D eigenvalue weighted by molar-refractivity contribution is 0.128. The second kappa shape index (κ2) is 6.31. The van der Waals surface area contributed by atoms with Crippen molar-refractivity contribution in [1.82, 2.24) is 4.98 Å². The summed E-state index contributed by atoms with van der Waals surface area (Å²) in [6.45, 7) is 6.20. The molecule has 0 fully saturated rings. The quantitative estimate of drug-likeness (QED) is 0.492. The lowest BCUT2D eigenvalue weighted by atomic mass is 9.93. The highest BCUT2D eigenvalue weighted by atomic mass is 16.5. The number of benzene rings is 2. The maximum Gasteiger partial charge on any atom is 0.200 e. The van der Waals surface area contributed by atoms with Crippen molar-refractivity contribution in [2.75, 3.05) is 0 Å². The summed E-state index contributed by atoms with van der Waals surface area (Å²) >= 11 is 0. The molecule has 2 heterocycles. The lowest BCUT2D eigenvalue weighted by Crippen LogP contribution is -2.31. The number of fused-ring (bicyclic) bond motifs is 4. The number of allylic oxidation sites excluding steroid dienone is 2. The van der Waals surface area contributed by atoms with Crippen LogP contribution in [0, 0.1) is 0 Å². The van der Waals surface area contributed by atoms with Crippen molar-refractivity contribution < 1.29 is 9.84 Å². The van der Waals surface area contributed by atoms with Crippen LogP contribution in [0.1, 0.15) is 39.2 Å². The number of hydrogen-bond donors (Lipinski definition) is 2. The fraction of sp³-hybridized carbons (Fsp3) is 0.261. The van der Waals surface area contributed by atoms with Gasteiger partial charge in [-0.05, 0) is 57.9 Å². The minimum atomic E-state index is -0.448. The van der Waals surface area contributed by atoms with Crippen molar-refractivity contribution in [2.45, 2.75) is 39.2 Å². The molecule has 0 aliphatic carbocycles. The fourth-order valence-corrected chi connectivity index (χ4v) is 3.66. The number of aromatic amines is 1. The van der Waals surface area contributed by atoms with Crippen molar-refractivity contribution in [3.63, 3.8) is 0 Å². The average Bonchev–Trinajstić information content (AvgIpc) is 2.61. The number of phenols is 1. The first-order valence-corrected chi connectivity index (χ1v) is 9.20. The number of phenolic OH excluding ortho intramolecular Hbond substituents is 1. The van der Waals surface area contributed by atoms with Crippen molar-refractivity contribution in [3.8, 4) is 11.5 Å². The molecule has 1 unspecified atom stereocenters. The third-order valence-electron chi connectivity index (χ3n) is 5.11. The summed E-state index contributed by atoms with van der Waals surface area (Å²) in [7, 11) is 0. The number of hydrogen-bond acceptors (Lipinski definition) is 3. The normalized spacial score (nSPS) is 18.3. The molecular formula is C23H23NO3. The number of aromatic nitrogens is 1. The van der Waals surface area contributed by atoms with Crippen molar-refractivity contribution in [1.29, 1.82) is 0 Å². The van der Waals surface area contributed by atoms with Crippen LogP contribution in [0.25, 0.3) is 27.9 Å². The van der Waals surface area contributed by atoms with E-state index in [1.165, 1.54) is 5.57 Å². The van der Waals surface area contributed by atoms with Crippen LogP contribution in [-0.2, 0) is 0 Å². The Labute approximate surface area is 157 Å². The van der Waals surface area contributed by atoms with E-state index in [0.29, 0.717) is 22.0 Å². The summed E-state index contributed by atoms with van der Waals surface area (Å²) in [5.74, 6) is 0.533. The molecule has 0 saturated carbocycles. The number of ether oxygens (including phenoxy) is 1. The molecule has 27 heavy (non-hydrogen) atoms. The van der Waals surface area contributed by atoms with Gasteiger partial charge in [-0.2, -0.15) is 0 Å². The molecule has 0 bridgehead atoms. The van der Waals surface area contributed by atoms with Gasteiger partial charge in [-0.3, -0.25) is 4.79 Å². The molecule has 0 spiro atoms. The van der Waals surface area contributed by atoms with Crippen LogP contribution in [0.2, 0.25) is 0 Å². The highest BCUT2D eigenvalue weighted by Crippen LogP contribution is 2.40. The van der Waals surface area contributed by atoms with Crippen molar-refractivity contribution in [2.24, 2.45) is 0 Å². The highest BCUT2D eigenvalue weighted by molar-refractivity contribution is 6.01. The van der Waals surface area contributed by atoms with Crippen LogP contribution in [0.15, 0.2) is 52.9 Å². The monoisotopic (exact) mass is 361 g/mol. The first-order chi connectivity index (χ1) is 12.9. The second-order valence-electron chi connectivity index (χ2n) is 7.63. The van der Waals surface area contributed by atoms with E-state index in [0.717, 1.165) is 23.9 Å². The number of para-hydroxylation sites is 1. The van der Waals surface area contributed by atoms with Gasteiger partial charge < -0.3 is 14.8 Å². The number of H-pyrrole nitrogens is 1. The van der Waals surface area contributed by atoms with Gasteiger partial charge in [0.1, 0.15) is 17.1 Å². The molecule has 2 N–H and O–H groups in total. The van der Waals surface area contributed by atoms with E-state index in [1.807, 2.05) is 37.3 Å². The Morgan fingerprint density at radius 2 is 2.07 bits per heavy atom. The van der Waals surface area contributed by atoms with Crippen LogP contribution in [0.4, 0.5) is 0 Å². The largest absolute Gasteiger partial charge is 0.507 e. The molecule has 3 aromatic rings. The molecule has 0 saturated heterocycles. The van der Waals surface area contributed by atoms with Crippen LogP contribution < -0.4 is 10.2 Å². The Bertz CT molecular complexity index is 1170. The van der Waals surface area contributed by atoms with Gasteiger partial charge in [0.25, 0.3) is 0 Å². The average molecular weight is 361 g/mol. The topological polar surface area (TPSA) is 62.3 Å². The zero-order valence-corrected chi connectivity index (χ0v) is 15.8. The first kappa shape index (κ1) is 17.4. The van der Waals surface area contributed by atoms with Gasteiger partial charge >= 0.3 is 0 Å². The van der Waals surface area contributed by atoms with E-state index in [9.17, 15) is 9.90 Å². The molecule has 2 aromatic carbocycles. The Balaban J connectivity index is 1.86. The smallest absolute Gasteiger partial charge is 0.200 e. The number of nitrogens with one attached hydrogen (secondary N) is 1. The van der Waals surface area contributed by atoms with Crippen LogP contribution >= 0.6 is 0 Å². The third kappa shape index (κ3) is 3.01. The summed E-state index contributed by atoms with van der Waals surface area (Å²) in [6, 6.07) is 8.89. The van der Waals surface area contributed by atoms with Gasteiger partial charge in [-0.15, -0.1) is 0 Å². The molecule has 4 nitrogen and oxygen atoms in total. The third-order valence-corrected chi connectivity index (χ3v) is 5.11. The Hall–Kier alpha value is -3.01. The fourth-order valence-electron chi connectivity index (χ4n) is 3.66. The highest BCUT2D eigenvalue weighted by Gasteiger charge is 2.29. The van der Waals surface area contributed by atoms with Gasteiger partial charge in [0.15, 0.2) is 0 Å². The van der Waals surface area contributed by atoms with Crippen LogP contribution in [0.5, 0.6) is 11.5 Å². The molecule has 1 aliphatic rings. The van der Waals surface area contributed by atoms with Crippen molar-refractivity contribution in [3.05, 3.63) is 63.8 Å². The Morgan fingerprint density at radius 3 is 2.85 bits per heavy atom. The summed E-state index contributed by atoms with van der Waals surface area (Å²) in [4.78, 5) is 16.2. The van der Waals surface area contributed by atoms with E-state index in [-0.39, 0.29) is 11.2 Å². The standard InChI is InChI=1S/C23H23NO3/c1-14(2)7-6-11-23(3)12-10-16-19(27-23)13-18(25)20-21(16)24-17-9-5-4-8-15(17)22(20)26/h4-5,7-10,12-13,25H,6,11H2,1-3H3,(H,24,26). The predicted octanol–water partition coefficient (Wildman–Crippen LogP) is 5.30. The summed E-state index contributed by atoms with van der Waals surface area (Å²) < 4.78 is 6.24. The molecule has 0 amide bonds. The maximum atomic E-state index is 12.9. The number of pyridine rings is 1. The predicted molar refractivity (Wildman–Crippen MR) is 110 cm³/mol. The van der Waals surface area contributed by atoms with Gasteiger partial charge in [0.05, 0.1) is 10.9 Å². The minimum Gasteiger partial charge on any atom is -0.507 e. The van der Waals surface area contributed by atoms with Gasteiger partial charge in [-0.25, -0.2) is 0 Å². The maximum absolute atomic E-state index is 12.9. The van der Waals surface area contributed by atoms with E-state index >= 15 is 0 Å². The zero-order chi connectivity index (χ0) is 19.2. The Morgan fingerprint density at radius 1 is 1.30 bits per heavy atom. The summed E-state index contributed by atoms with van der Waals surface area (Å²) in [6.07, 6.45) is 7.98. The molecule has 4 heteroatoms. The molecule has 1 aromatic heterocycles. The van der Waals surface area contributed by atoms with Crippen molar-refractivity contribution >= 4 is 27.9 Å². The zero-order valence-electron chi connectivity index (χ0n) is 15.8. The summed E-state index contributed by atoms with van der Waals surface area (Å²) in [5.41, 5.74) is 2.81. The van der Waals surface area contributed by atoms with E-state index < -0.39 is 5.60 Å². The molecule has 138 valence electrons. The summed E-state index contributed by atoms with van der Waals surface area (Å²) in [5, 5.41) is 11.4. The van der Waals surface area contributed by atoms with E-state index in [2.05, 4.69) is 24.9 Å². The van der Waals surface area contributed by atoms with Gasteiger partial charge in [0.2, 0.25) is 5.43 Å². The molecule has 1 atom stereocenters. The van der Waals surface area contributed by atoms with E-state index in [1.54, 1.807) is 12.1 Å². The number of rotatable bonds is 3. The van der Waals surface area contributed by atoms with Gasteiger partial charge in [-0.1, -0.05) is 23.8 Å². The lowest BCUT2D eigenvalue weighted by Gasteiger charge is -2.32. The van der Waals surface area contributed by atoms with Gasteiger partial charge in [0, 0.05) is 22.5 Å². The van der Waals surface area contributed by atoms with Crippen LogP contribution in [0.3, 0.4) is 0 Å². The molecule has 4 rings (SSSR count). The molecular weight excluding hydrogens is 338 g/mol. The second-order valence-corrected chi connectivity index (χ2v) is 7.63. The molecule has 1 aliphatic heterocycles. The van der Waals surface area contributed by atoms with E-state index in [4.69, 9.17) is 4.74 Å². The SMILES string of the molecule is CC(C)=CCCC1(C)C=Cc2c(cc(O)c3c(=O)c4ccccc4[nH]c23)O1.